The average Bonchev–Trinajstić information content (AvgIpc) is 2.49. The first-order valence-electron chi connectivity index (χ1n) is 6.87. The molecule has 25 heavy (non-hydrogen) atoms. The van der Waals surface area contributed by atoms with Crippen molar-refractivity contribution in [2.24, 2.45) is 5.16 Å². The lowest BCUT2D eigenvalue weighted by atomic mass is 9.95. The van der Waals surface area contributed by atoms with E-state index in [0.717, 1.165) is 18.1 Å². The molecule has 0 aromatic heterocycles. The van der Waals surface area contributed by atoms with Crippen LogP contribution in [-0.2, 0) is 9.63 Å². The molecule has 2 atom stereocenters. The fourth-order valence-electron chi connectivity index (χ4n) is 2.62. The zero-order chi connectivity index (χ0) is 19.0. The van der Waals surface area contributed by atoms with Crippen molar-refractivity contribution in [2.75, 3.05) is 13.7 Å². The third-order valence-corrected chi connectivity index (χ3v) is 3.59. The number of carbonyl (C=O) groups excluding carboxylic acids is 1. The van der Waals surface area contributed by atoms with Crippen LogP contribution in [0.4, 0.5) is 26.3 Å². The van der Waals surface area contributed by atoms with Gasteiger partial charge in [0.25, 0.3) is 0 Å². The predicted octanol–water partition coefficient (Wildman–Crippen LogP) is 2.23. The Bertz CT molecular complexity index is 625. The maximum Gasteiger partial charge on any atom is 0.434 e. The molecule has 1 N–H and O–H groups in total. The van der Waals surface area contributed by atoms with Crippen LogP contribution in [0, 0.1) is 0 Å². The zero-order valence-corrected chi connectivity index (χ0v) is 12.7. The highest BCUT2D eigenvalue weighted by molar-refractivity contribution is 6.17. The first-order valence-corrected chi connectivity index (χ1v) is 6.87. The van der Waals surface area contributed by atoms with E-state index in [4.69, 9.17) is 0 Å². The summed E-state index contributed by atoms with van der Waals surface area (Å²) in [7, 11) is 0.781. The van der Waals surface area contributed by atoms with Crippen LogP contribution in [0.25, 0.3) is 0 Å². The molecule has 1 fully saturated rings. The quantitative estimate of drug-likeness (QED) is 0.467. The van der Waals surface area contributed by atoms with Crippen molar-refractivity contribution in [2.45, 2.75) is 31.0 Å². The minimum atomic E-state index is -5.20. The van der Waals surface area contributed by atoms with Crippen LogP contribution in [0.15, 0.2) is 29.1 Å². The van der Waals surface area contributed by atoms with Gasteiger partial charge in [-0.25, -0.2) is 0 Å². The van der Waals surface area contributed by atoms with Crippen LogP contribution in [0.2, 0.25) is 0 Å². The summed E-state index contributed by atoms with van der Waals surface area (Å²) in [5, 5.41) is 12.5. The number of hydroxylamine groups is 2. The average molecular weight is 373 g/mol. The largest absolute Gasteiger partial charge is 0.434 e. The Labute approximate surface area is 137 Å². The Morgan fingerprint density at radius 1 is 1.36 bits per heavy atom. The van der Waals surface area contributed by atoms with E-state index in [2.05, 4.69) is 9.99 Å². The van der Waals surface area contributed by atoms with Gasteiger partial charge in [0.15, 0.2) is 11.8 Å². The number of hydrogen-bond acceptors (Lipinski definition) is 6. The van der Waals surface area contributed by atoms with E-state index in [1.54, 1.807) is 0 Å². The third kappa shape index (κ3) is 3.95. The van der Waals surface area contributed by atoms with Crippen molar-refractivity contribution in [3.8, 4) is 0 Å². The maximum absolute atomic E-state index is 13.2. The van der Waals surface area contributed by atoms with Gasteiger partial charge in [-0.15, -0.1) is 0 Å². The predicted molar refractivity (Wildman–Crippen MR) is 71.3 cm³/mol. The highest BCUT2D eigenvalue weighted by Gasteiger charge is 2.55. The number of ketones is 1. The Balaban J connectivity index is 2.52. The van der Waals surface area contributed by atoms with E-state index in [1.165, 1.54) is 12.2 Å². The smallest absolute Gasteiger partial charge is 0.399 e. The van der Waals surface area contributed by atoms with Crippen LogP contribution in [-0.4, -0.2) is 64.9 Å². The Morgan fingerprint density at radius 2 is 2.00 bits per heavy atom. The van der Waals surface area contributed by atoms with Gasteiger partial charge in [-0.3, -0.25) is 4.79 Å². The third-order valence-electron chi connectivity index (χ3n) is 3.59. The van der Waals surface area contributed by atoms with Crippen LogP contribution >= 0.6 is 0 Å². The molecular formula is C13H13F6N3O3. The molecule has 2 heterocycles. The number of fused-ring (bicyclic) bond motifs is 1. The number of oxime groups is 1. The number of Topliss-reactive ketones (excluding diaryl/α,β-unsaturated/α-hetero) is 1. The summed E-state index contributed by atoms with van der Waals surface area (Å²) in [6, 6.07) is -2.47. The topological polar surface area (TPSA) is 65.4 Å². The summed E-state index contributed by atoms with van der Waals surface area (Å²) < 4.78 is 77.9. The number of carbonyl (C=O) groups is 1. The lowest BCUT2D eigenvalue weighted by Gasteiger charge is -2.46. The van der Waals surface area contributed by atoms with Crippen molar-refractivity contribution >= 4 is 11.5 Å². The van der Waals surface area contributed by atoms with E-state index in [-0.39, 0.29) is 17.3 Å². The highest BCUT2D eigenvalue weighted by Crippen LogP contribution is 2.36. The Kier molecular flexibility index (Phi) is 5.14. The number of nitrogens with zero attached hydrogens (tertiary/aromatic N) is 3. The van der Waals surface area contributed by atoms with Crippen molar-refractivity contribution in [3.63, 3.8) is 0 Å². The molecule has 0 saturated carbocycles. The maximum atomic E-state index is 13.2. The second-order valence-corrected chi connectivity index (χ2v) is 5.24. The molecule has 6 nitrogen and oxygen atoms in total. The summed E-state index contributed by atoms with van der Waals surface area (Å²) >= 11 is 0. The standard InChI is InChI=1S/C13H13F6N3O3/c1-25-20-11(13(17,18)19)9-10(23)7-4-2-3-5-21(7)8(22(9)24)6-12(14,15)16/h2-4,8-9,24H,5-6H2,1H3. The van der Waals surface area contributed by atoms with Gasteiger partial charge in [0, 0.05) is 6.54 Å². The van der Waals surface area contributed by atoms with Gasteiger partial charge in [0.1, 0.15) is 13.3 Å². The number of halogens is 6. The molecular weight excluding hydrogens is 360 g/mol. The van der Waals surface area contributed by atoms with Gasteiger partial charge < -0.3 is 14.9 Å². The summed E-state index contributed by atoms with van der Waals surface area (Å²) in [4.78, 5) is 17.3. The fourth-order valence-corrected chi connectivity index (χ4v) is 2.62. The first kappa shape index (κ1) is 19.2. The molecule has 2 aliphatic rings. The fraction of sp³-hybridized carbons (Fsp3) is 0.538. The lowest BCUT2D eigenvalue weighted by Crippen LogP contribution is -2.65. The molecule has 0 aromatic rings. The number of rotatable bonds is 3. The minimum absolute atomic E-state index is 0.176. The van der Waals surface area contributed by atoms with Gasteiger partial charge in [0.05, 0.1) is 12.1 Å². The SMILES string of the molecule is CON=C(C1C(=O)C2=CC=CCN2C(CC(F)(F)F)N1O)C(F)(F)F. The summed E-state index contributed by atoms with van der Waals surface area (Å²) in [5.41, 5.74) is -2.22. The molecule has 2 aliphatic heterocycles. The van der Waals surface area contributed by atoms with Crippen LogP contribution < -0.4 is 0 Å². The van der Waals surface area contributed by atoms with Gasteiger partial charge >= 0.3 is 12.4 Å². The molecule has 140 valence electrons. The van der Waals surface area contributed by atoms with Gasteiger partial charge in [-0.2, -0.15) is 31.4 Å². The van der Waals surface area contributed by atoms with E-state index >= 15 is 0 Å². The molecule has 0 spiro atoms. The van der Waals surface area contributed by atoms with Gasteiger partial charge in [-0.05, 0) is 6.08 Å². The van der Waals surface area contributed by atoms with Crippen molar-refractivity contribution < 1.29 is 41.2 Å². The van der Waals surface area contributed by atoms with Crippen LogP contribution in [0.3, 0.4) is 0 Å². The van der Waals surface area contributed by atoms with Gasteiger partial charge in [0.2, 0.25) is 5.78 Å². The molecule has 2 rings (SSSR count). The molecule has 0 radical (unpaired) electrons. The molecule has 0 amide bonds. The zero-order valence-electron chi connectivity index (χ0n) is 12.7. The Morgan fingerprint density at radius 3 is 2.52 bits per heavy atom. The van der Waals surface area contributed by atoms with Crippen molar-refractivity contribution in [3.05, 3.63) is 23.9 Å². The molecule has 1 saturated heterocycles. The molecule has 0 bridgehead atoms. The van der Waals surface area contributed by atoms with E-state index in [9.17, 15) is 36.3 Å². The van der Waals surface area contributed by atoms with Crippen molar-refractivity contribution in [1.29, 1.82) is 0 Å². The monoisotopic (exact) mass is 373 g/mol. The van der Waals surface area contributed by atoms with Gasteiger partial charge in [-0.1, -0.05) is 17.3 Å². The number of allylic oxidation sites excluding steroid dienone is 2. The lowest BCUT2D eigenvalue weighted by molar-refractivity contribution is -0.234. The van der Waals surface area contributed by atoms with E-state index in [1.807, 2.05) is 0 Å². The number of alkyl halides is 6. The highest BCUT2D eigenvalue weighted by atomic mass is 19.4. The first-order chi connectivity index (χ1) is 11.5. The molecule has 0 aliphatic carbocycles. The van der Waals surface area contributed by atoms with E-state index < -0.39 is 42.5 Å². The summed E-state index contributed by atoms with van der Waals surface area (Å²) in [6.45, 7) is -0.176. The minimum Gasteiger partial charge on any atom is -0.399 e. The molecule has 2 unspecified atom stereocenters. The second-order valence-electron chi connectivity index (χ2n) is 5.24. The normalized spacial score (nSPS) is 25.8. The molecule has 0 aromatic carbocycles. The van der Waals surface area contributed by atoms with Crippen LogP contribution in [0.5, 0.6) is 0 Å². The Hall–Kier alpha value is -2.08. The van der Waals surface area contributed by atoms with Crippen molar-refractivity contribution in [1.82, 2.24) is 9.96 Å². The number of hydrogen-bond donors (Lipinski definition) is 1. The second kappa shape index (κ2) is 6.67. The summed E-state index contributed by atoms with van der Waals surface area (Å²) in [6.07, 6.45) is -9.75. The summed E-state index contributed by atoms with van der Waals surface area (Å²) in [5.74, 6) is -1.24. The van der Waals surface area contributed by atoms with E-state index in [0.29, 0.717) is 0 Å². The van der Waals surface area contributed by atoms with Crippen LogP contribution in [0.1, 0.15) is 6.42 Å². The molecule has 12 heteroatoms.